The molecule has 0 bridgehead atoms. The van der Waals surface area contributed by atoms with E-state index in [2.05, 4.69) is 49.9 Å². The number of hydrogen-bond donors (Lipinski definition) is 1. The van der Waals surface area contributed by atoms with E-state index < -0.39 is 0 Å². The third-order valence-electron chi connectivity index (χ3n) is 4.37. The number of nitrogens with one attached hydrogen (secondary N) is 1. The maximum Gasteiger partial charge on any atom is 0.220 e. The highest BCUT2D eigenvalue weighted by molar-refractivity contribution is 7.07. The first-order chi connectivity index (χ1) is 11.7. The molecule has 1 atom stereocenters. The van der Waals surface area contributed by atoms with Gasteiger partial charge in [0, 0.05) is 58.1 Å². The summed E-state index contributed by atoms with van der Waals surface area (Å²) in [5.41, 5.74) is 2.68. The lowest BCUT2D eigenvalue weighted by atomic mass is 10.0. The Kier molecular flexibility index (Phi) is 6.07. The standard InChI is InChI=1S/C18H25N3O2S/c1-23-7-5-19-18(22)9-16-11-20(10-15-4-8-24-14-15)13-17-3-2-6-21(17)12-16/h2-4,6,8,14,16H,5,7,9-13H2,1H3,(H,19,22)/t16-/m1/s1. The molecule has 1 amide bonds. The van der Waals surface area contributed by atoms with Gasteiger partial charge in [0.1, 0.15) is 0 Å². The molecular weight excluding hydrogens is 322 g/mol. The van der Waals surface area contributed by atoms with Gasteiger partial charge in [0.15, 0.2) is 0 Å². The van der Waals surface area contributed by atoms with Crippen LogP contribution >= 0.6 is 11.3 Å². The van der Waals surface area contributed by atoms with Gasteiger partial charge in [-0.25, -0.2) is 0 Å². The Morgan fingerprint density at radius 3 is 3.12 bits per heavy atom. The lowest BCUT2D eigenvalue weighted by Crippen LogP contribution is -2.33. The molecule has 0 unspecified atom stereocenters. The molecule has 0 saturated carbocycles. The zero-order valence-electron chi connectivity index (χ0n) is 14.1. The van der Waals surface area contributed by atoms with Crippen LogP contribution in [0.1, 0.15) is 17.7 Å². The van der Waals surface area contributed by atoms with Crippen molar-refractivity contribution >= 4 is 17.2 Å². The van der Waals surface area contributed by atoms with Crippen molar-refractivity contribution in [1.82, 2.24) is 14.8 Å². The summed E-state index contributed by atoms with van der Waals surface area (Å²) in [6.07, 6.45) is 2.68. The Morgan fingerprint density at radius 2 is 2.33 bits per heavy atom. The molecule has 0 fully saturated rings. The minimum atomic E-state index is 0.114. The van der Waals surface area contributed by atoms with Crippen LogP contribution in [-0.2, 0) is 29.2 Å². The highest BCUT2D eigenvalue weighted by atomic mass is 32.1. The number of methoxy groups -OCH3 is 1. The second-order valence-electron chi connectivity index (χ2n) is 6.37. The van der Waals surface area contributed by atoms with Crippen molar-refractivity contribution < 1.29 is 9.53 Å². The van der Waals surface area contributed by atoms with Crippen LogP contribution in [0.25, 0.3) is 0 Å². The fourth-order valence-corrected chi connectivity index (χ4v) is 3.94. The number of carbonyl (C=O) groups excluding carboxylic acids is 1. The SMILES string of the molecule is COCCNC(=O)C[C@@H]1CN(Cc2ccsc2)Cc2cccn2C1. The maximum atomic E-state index is 12.2. The summed E-state index contributed by atoms with van der Waals surface area (Å²) in [6, 6.07) is 6.46. The van der Waals surface area contributed by atoms with E-state index in [9.17, 15) is 4.79 Å². The van der Waals surface area contributed by atoms with Gasteiger partial charge in [-0.1, -0.05) is 0 Å². The number of thiophene rings is 1. The second kappa shape index (κ2) is 8.46. The fourth-order valence-electron chi connectivity index (χ4n) is 3.28. The lowest BCUT2D eigenvalue weighted by molar-refractivity contribution is -0.122. The van der Waals surface area contributed by atoms with Crippen LogP contribution in [0.2, 0.25) is 0 Å². The minimum Gasteiger partial charge on any atom is -0.383 e. The molecule has 0 spiro atoms. The van der Waals surface area contributed by atoms with Gasteiger partial charge in [0.25, 0.3) is 0 Å². The van der Waals surface area contributed by atoms with Crippen molar-refractivity contribution in [2.45, 2.75) is 26.1 Å². The van der Waals surface area contributed by atoms with Crippen molar-refractivity contribution in [3.63, 3.8) is 0 Å². The van der Waals surface area contributed by atoms with E-state index in [1.165, 1.54) is 11.3 Å². The van der Waals surface area contributed by atoms with Crippen LogP contribution in [0.4, 0.5) is 0 Å². The Morgan fingerprint density at radius 1 is 1.42 bits per heavy atom. The van der Waals surface area contributed by atoms with Crippen LogP contribution in [0.15, 0.2) is 35.2 Å². The van der Waals surface area contributed by atoms with E-state index in [0.717, 1.165) is 26.2 Å². The topological polar surface area (TPSA) is 46.5 Å². The first-order valence-corrected chi connectivity index (χ1v) is 9.32. The quantitative estimate of drug-likeness (QED) is 0.782. The number of carbonyl (C=O) groups is 1. The number of ether oxygens (including phenoxy) is 1. The van der Waals surface area contributed by atoms with Crippen LogP contribution in [0.5, 0.6) is 0 Å². The molecule has 130 valence electrons. The molecule has 1 aliphatic heterocycles. The summed E-state index contributed by atoms with van der Waals surface area (Å²) >= 11 is 1.74. The lowest BCUT2D eigenvalue weighted by Gasteiger charge is -2.23. The van der Waals surface area contributed by atoms with Gasteiger partial charge in [0.05, 0.1) is 6.61 Å². The van der Waals surface area contributed by atoms with Crippen LogP contribution < -0.4 is 5.32 Å². The van der Waals surface area contributed by atoms with E-state index in [1.54, 1.807) is 18.4 Å². The van der Waals surface area contributed by atoms with Gasteiger partial charge in [-0.3, -0.25) is 9.69 Å². The van der Waals surface area contributed by atoms with Crippen molar-refractivity contribution in [2.24, 2.45) is 5.92 Å². The number of fused-ring (bicyclic) bond motifs is 1. The smallest absolute Gasteiger partial charge is 0.220 e. The minimum absolute atomic E-state index is 0.114. The normalized spacial score (nSPS) is 18.1. The van der Waals surface area contributed by atoms with Crippen LogP contribution in [-0.4, -0.2) is 42.2 Å². The van der Waals surface area contributed by atoms with E-state index in [-0.39, 0.29) is 5.91 Å². The fraction of sp³-hybridized carbons (Fsp3) is 0.500. The molecule has 6 heteroatoms. The molecule has 3 heterocycles. The van der Waals surface area contributed by atoms with Gasteiger partial charge >= 0.3 is 0 Å². The Labute approximate surface area is 147 Å². The molecule has 5 nitrogen and oxygen atoms in total. The summed E-state index contributed by atoms with van der Waals surface area (Å²) < 4.78 is 7.28. The van der Waals surface area contributed by atoms with Crippen molar-refractivity contribution in [3.05, 3.63) is 46.4 Å². The van der Waals surface area contributed by atoms with E-state index in [0.29, 0.717) is 25.5 Å². The van der Waals surface area contributed by atoms with Gasteiger partial charge in [-0.05, 0) is 40.4 Å². The summed E-state index contributed by atoms with van der Waals surface area (Å²) in [5.74, 6) is 0.433. The molecule has 24 heavy (non-hydrogen) atoms. The number of nitrogens with zero attached hydrogens (tertiary/aromatic N) is 2. The van der Waals surface area contributed by atoms with E-state index in [4.69, 9.17) is 4.74 Å². The molecule has 0 radical (unpaired) electrons. The van der Waals surface area contributed by atoms with Gasteiger partial charge in [0.2, 0.25) is 5.91 Å². The molecule has 0 aromatic carbocycles. The molecule has 2 aromatic heterocycles. The van der Waals surface area contributed by atoms with Crippen molar-refractivity contribution in [2.75, 3.05) is 26.8 Å². The predicted octanol–water partition coefficient (Wildman–Crippen LogP) is 2.33. The number of rotatable bonds is 7. The molecule has 0 saturated heterocycles. The third kappa shape index (κ3) is 4.69. The Bertz CT molecular complexity index is 638. The summed E-state index contributed by atoms with van der Waals surface area (Å²) in [5, 5.41) is 7.27. The summed E-state index contributed by atoms with van der Waals surface area (Å²) in [6.45, 7) is 4.86. The molecule has 1 N–H and O–H groups in total. The average Bonchev–Trinajstić information content (AvgIpc) is 3.17. The van der Waals surface area contributed by atoms with Crippen LogP contribution in [0.3, 0.4) is 0 Å². The summed E-state index contributed by atoms with van der Waals surface area (Å²) in [4.78, 5) is 14.6. The molecule has 1 aliphatic rings. The number of amides is 1. The molecule has 0 aliphatic carbocycles. The Balaban J connectivity index is 1.64. The first-order valence-electron chi connectivity index (χ1n) is 8.37. The summed E-state index contributed by atoms with van der Waals surface area (Å²) in [7, 11) is 1.65. The number of aromatic nitrogens is 1. The number of hydrogen-bond acceptors (Lipinski definition) is 4. The van der Waals surface area contributed by atoms with Gasteiger partial charge < -0.3 is 14.6 Å². The van der Waals surface area contributed by atoms with Crippen LogP contribution in [0, 0.1) is 5.92 Å². The van der Waals surface area contributed by atoms with Gasteiger partial charge in [-0.2, -0.15) is 11.3 Å². The van der Waals surface area contributed by atoms with Gasteiger partial charge in [-0.15, -0.1) is 0 Å². The predicted molar refractivity (Wildman–Crippen MR) is 95.9 cm³/mol. The van der Waals surface area contributed by atoms with E-state index in [1.807, 2.05) is 0 Å². The third-order valence-corrected chi connectivity index (χ3v) is 5.10. The Hall–Kier alpha value is -1.63. The maximum absolute atomic E-state index is 12.2. The molecule has 2 aromatic rings. The molecular formula is C18H25N3O2S. The second-order valence-corrected chi connectivity index (χ2v) is 7.15. The monoisotopic (exact) mass is 347 g/mol. The zero-order valence-corrected chi connectivity index (χ0v) is 14.9. The van der Waals surface area contributed by atoms with Crippen molar-refractivity contribution in [3.8, 4) is 0 Å². The average molecular weight is 347 g/mol. The van der Waals surface area contributed by atoms with E-state index >= 15 is 0 Å². The van der Waals surface area contributed by atoms with Crippen molar-refractivity contribution in [1.29, 1.82) is 0 Å². The first kappa shape index (κ1) is 17.2. The zero-order chi connectivity index (χ0) is 16.8. The highest BCUT2D eigenvalue weighted by Crippen LogP contribution is 2.21. The highest BCUT2D eigenvalue weighted by Gasteiger charge is 2.23. The largest absolute Gasteiger partial charge is 0.383 e. The molecule has 3 rings (SSSR count).